The van der Waals surface area contributed by atoms with E-state index in [0.29, 0.717) is 5.57 Å². The van der Waals surface area contributed by atoms with Crippen molar-refractivity contribution in [3.63, 3.8) is 0 Å². The highest BCUT2D eigenvalue weighted by atomic mass is 16.5. The lowest BCUT2D eigenvalue weighted by atomic mass is 9.89. The average Bonchev–Trinajstić information content (AvgIpc) is 2.39. The molecule has 0 bridgehead atoms. The molecular weight excluding hydrogens is 178 g/mol. The van der Waals surface area contributed by atoms with E-state index in [9.17, 15) is 4.79 Å². The van der Waals surface area contributed by atoms with E-state index < -0.39 is 5.41 Å². The van der Waals surface area contributed by atoms with Crippen LogP contribution in [0.15, 0.2) is 36.0 Å². The first kappa shape index (κ1) is 10.3. The van der Waals surface area contributed by atoms with Gasteiger partial charge in [0, 0.05) is 5.57 Å². The van der Waals surface area contributed by atoms with E-state index in [1.807, 2.05) is 6.07 Å². The summed E-state index contributed by atoms with van der Waals surface area (Å²) in [6, 6.07) is 2.00. The number of esters is 1. The number of carbonyl (C=O) groups excluding carboxylic acids is 1. The summed E-state index contributed by atoms with van der Waals surface area (Å²) in [4.78, 5) is 11.4. The van der Waals surface area contributed by atoms with Crippen LogP contribution in [0.1, 0.15) is 6.92 Å². The third-order valence-electron chi connectivity index (χ3n) is 2.04. The molecule has 72 valence electrons. The van der Waals surface area contributed by atoms with Crippen molar-refractivity contribution in [1.29, 1.82) is 5.26 Å². The molecule has 3 nitrogen and oxygen atoms in total. The van der Waals surface area contributed by atoms with E-state index in [-0.39, 0.29) is 5.97 Å². The van der Waals surface area contributed by atoms with Crippen LogP contribution in [-0.2, 0) is 9.53 Å². The van der Waals surface area contributed by atoms with Crippen molar-refractivity contribution in [2.75, 3.05) is 7.11 Å². The lowest BCUT2D eigenvalue weighted by Gasteiger charge is -2.17. The molecule has 0 aromatic rings. The van der Waals surface area contributed by atoms with Crippen LogP contribution in [0.5, 0.6) is 0 Å². The summed E-state index contributed by atoms with van der Waals surface area (Å²) in [6.07, 6.45) is 8.42. The number of nitrogens with zero attached hydrogens (tertiary/aromatic N) is 1. The van der Waals surface area contributed by atoms with Gasteiger partial charge in [0.1, 0.15) is 5.41 Å². The molecule has 1 aliphatic carbocycles. The minimum absolute atomic E-state index is 0.370. The summed E-state index contributed by atoms with van der Waals surface area (Å²) in [5.74, 6) is -0.370. The number of ether oxygens (including phenoxy) is 1. The van der Waals surface area contributed by atoms with Gasteiger partial charge < -0.3 is 4.74 Å². The molecule has 0 aliphatic heterocycles. The molecule has 0 N–H and O–H groups in total. The molecule has 0 aromatic heterocycles. The van der Waals surface area contributed by atoms with Crippen molar-refractivity contribution in [1.82, 2.24) is 0 Å². The van der Waals surface area contributed by atoms with Gasteiger partial charge in [0.2, 0.25) is 0 Å². The minimum atomic E-state index is -0.844. The molecule has 14 heavy (non-hydrogen) atoms. The van der Waals surface area contributed by atoms with E-state index in [2.05, 4.69) is 4.74 Å². The number of nitriles is 1. The van der Waals surface area contributed by atoms with Crippen LogP contribution in [0.25, 0.3) is 0 Å². The summed E-state index contributed by atoms with van der Waals surface area (Å²) in [6.45, 7) is 1.71. The first-order chi connectivity index (χ1) is 6.62. The minimum Gasteiger partial charge on any atom is -0.468 e. The Kier molecular flexibility index (Phi) is 2.88. The molecule has 1 unspecified atom stereocenters. The highest BCUT2D eigenvalue weighted by molar-refractivity contribution is 5.81. The first-order valence-electron chi connectivity index (χ1n) is 4.19. The van der Waals surface area contributed by atoms with E-state index in [1.165, 1.54) is 7.11 Å². The molecule has 0 saturated carbocycles. The Labute approximate surface area is 83.0 Å². The largest absolute Gasteiger partial charge is 0.468 e. The monoisotopic (exact) mass is 189 g/mol. The van der Waals surface area contributed by atoms with E-state index in [4.69, 9.17) is 5.26 Å². The fraction of sp³-hybridized carbons (Fsp3) is 0.273. The number of hydrogen-bond acceptors (Lipinski definition) is 3. The van der Waals surface area contributed by atoms with Crippen LogP contribution >= 0.6 is 0 Å². The number of hydrogen-bond donors (Lipinski definition) is 0. The van der Waals surface area contributed by atoms with E-state index in [1.54, 1.807) is 37.3 Å². The Balaban J connectivity index is 3.12. The lowest BCUT2D eigenvalue weighted by Crippen LogP contribution is -2.24. The molecule has 0 fully saturated rings. The fourth-order valence-corrected chi connectivity index (χ4v) is 1.25. The molecule has 0 radical (unpaired) electrons. The molecule has 1 rings (SSSR count). The summed E-state index contributed by atoms with van der Waals surface area (Å²) in [5.41, 5.74) is -0.383. The average molecular weight is 189 g/mol. The summed E-state index contributed by atoms with van der Waals surface area (Å²) in [7, 11) is 1.33. The Bertz CT molecular complexity index is 371. The zero-order valence-electron chi connectivity index (χ0n) is 8.15. The molecule has 0 aromatic carbocycles. The summed E-state index contributed by atoms with van der Waals surface area (Å²) >= 11 is 0. The predicted molar refractivity (Wildman–Crippen MR) is 52.1 cm³/mol. The number of allylic oxidation sites excluding steroid dienone is 4. The number of methoxy groups -OCH3 is 1. The van der Waals surface area contributed by atoms with Crippen LogP contribution in [0.2, 0.25) is 0 Å². The van der Waals surface area contributed by atoms with Gasteiger partial charge in [0.05, 0.1) is 13.2 Å². The van der Waals surface area contributed by atoms with Crippen molar-refractivity contribution in [3.05, 3.63) is 36.0 Å². The quantitative estimate of drug-likeness (QED) is 0.590. The van der Waals surface area contributed by atoms with Gasteiger partial charge in [-0.25, -0.2) is 0 Å². The second-order valence-corrected chi connectivity index (χ2v) is 3.20. The number of rotatable bonds is 1. The molecule has 0 amide bonds. The molecule has 0 spiro atoms. The first-order valence-corrected chi connectivity index (χ1v) is 4.19. The van der Waals surface area contributed by atoms with E-state index in [0.717, 1.165) is 0 Å². The van der Waals surface area contributed by atoms with Gasteiger partial charge in [-0.15, -0.1) is 0 Å². The topological polar surface area (TPSA) is 50.1 Å². The van der Waals surface area contributed by atoms with Crippen LogP contribution in [-0.4, -0.2) is 13.1 Å². The second kappa shape index (κ2) is 3.93. The third kappa shape index (κ3) is 1.91. The molecule has 1 aliphatic rings. The molecule has 0 heterocycles. The highest BCUT2D eigenvalue weighted by Crippen LogP contribution is 2.26. The van der Waals surface area contributed by atoms with Crippen LogP contribution in [0.4, 0.5) is 0 Å². The van der Waals surface area contributed by atoms with Crippen LogP contribution in [0, 0.1) is 16.7 Å². The van der Waals surface area contributed by atoms with Gasteiger partial charge in [-0.2, -0.15) is 5.26 Å². The standard InChI is InChI=1S/C11H11NO2/c1-11(10(13)14-2)6-4-3-5-9(7-11)8-12/h3-7H,1-2H3. The highest BCUT2D eigenvalue weighted by Gasteiger charge is 2.29. The molecular formula is C11H11NO2. The summed E-state index contributed by atoms with van der Waals surface area (Å²) < 4.78 is 4.67. The lowest BCUT2D eigenvalue weighted by molar-refractivity contribution is -0.146. The van der Waals surface area contributed by atoms with Crippen LogP contribution in [0.3, 0.4) is 0 Å². The van der Waals surface area contributed by atoms with Crippen molar-refractivity contribution in [3.8, 4) is 6.07 Å². The SMILES string of the molecule is COC(=O)C1(C)C=CC=CC(C#N)=C1. The smallest absolute Gasteiger partial charge is 0.319 e. The third-order valence-corrected chi connectivity index (χ3v) is 2.04. The Hall–Kier alpha value is -1.82. The molecule has 3 heteroatoms. The van der Waals surface area contributed by atoms with Gasteiger partial charge >= 0.3 is 5.97 Å². The van der Waals surface area contributed by atoms with Gasteiger partial charge in [0.25, 0.3) is 0 Å². The number of carbonyl (C=O) groups is 1. The van der Waals surface area contributed by atoms with Gasteiger partial charge in [-0.05, 0) is 19.1 Å². The Morgan fingerprint density at radius 3 is 2.86 bits per heavy atom. The maximum Gasteiger partial charge on any atom is 0.319 e. The Morgan fingerprint density at radius 2 is 2.29 bits per heavy atom. The van der Waals surface area contributed by atoms with E-state index >= 15 is 0 Å². The fourth-order valence-electron chi connectivity index (χ4n) is 1.25. The normalized spacial score (nSPS) is 24.8. The maximum absolute atomic E-state index is 11.4. The maximum atomic E-state index is 11.4. The van der Waals surface area contributed by atoms with Crippen molar-refractivity contribution in [2.45, 2.75) is 6.92 Å². The second-order valence-electron chi connectivity index (χ2n) is 3.20. The van der Waals surface area contributed by atoms with Crippen molar-refractivity contribution >= 4 is 5.97 Å². The van der Waals surface area contributed by atoms with Gasteiger partial charge in [-0.3, -0.25) is 4.79 Å². The van der Waals surface area contributed by atoms with Crippen molar-refractivity contribution in [2.24, 2.45) is 5.41 Å². The summed E-state index contributed by atoms with van der Waals surface area (Å²) in [5, 5.41) is 8.75. The molecule has 1 atom stereocenters. The van der Waals surface area contributed by atoms with Gasteiger partial charge in [0.15, 0.2) is 0 Å². The van der Waals surface area contributed by atoms with Crippen molar-refractivity contribution < 1.29 is 9.53 Å². The molecule has 0 saturated heterocycles. The zero-order chi connectivity index (χ0) is 10.6. The predicted octanol–water partition coefficient (Wildman–Crippen LogP) is 1.74. The van der Waals surface area contributed by atoms with Gasteiger partial charge in [-0.1, -0.05) is 18.2 Å². The zero-order valence-corrected chi connectivity index (χ0v) is 8.15. The van der Waals surface area contributed by atoms with Crippen LogP contribution < -0.4 is 0 Å². The Morgan fingerprint density at radius 1 is 1.57 bits per heavy atom.